The van der Waals surface area contributed by atoms with Gasteiger partial charge in [-0.15, -0.1) is 0 Å². The van der Waals surface area contributed by atoms with Crippen molar-refractivity contribution < 1.29 is 14.4 Å². The van der Waals surface area contributed by atoms with Crippen LogP contribution >= 0.6 is 8.25 Å². The Morgan fingerprint density at radius 2 is 1.77 bits per heavy atom. The molecule has 0 aromatic heterocycles. The Morgan fingerprint density at radius 3 is 2.00 bits per heavy atom. The number of rotatable bonds is 0. The maximum Gasteiger partial charge on any atom is 0.314 e. The van der Waals surface area contributed by atoms with Gasteiger partial charge in [-0.05, 0) is 5.54 Å². The van der Waals surface area contributed by atoms with Gasteiger partial charge in [-0.1, -0.05) is 45.3 Å². The van der Waals surface area contributed by atoms with E-state index in [1.807, 2.05) is 0 Å². The Morgan fingerprint density at radius 1 is 1.31 bits per heavy atom. The second-order valence-electron chi connectivity index (χ2n) is 4.42. The topological polar surface area (TPSA) is 57.5 Å². The van der Waals surface area contributed by atoms with Gasteiger partial charge >= 0.3 is 8.25 Å². The lowest BCUT2D eigenvalue weighted by molar-refractivity contribution is 0.405. The van der Waals surface area contributed by atoms with Crippen molar-refractivity contribution in [3.05, 3.63) is 0 Å². The zero-order valence-corrected chi connectivity index (χ0v) is 10.7. The van der Waals surface area contributed by atoms with Crippen molar-refractivity contribution in [1.29, 1.82) is 0 Å². The van der Waals surface area contributed by atoms with Gasteiger partial charge in [0.05, 0.1) is 8.07 Å². The second-order valence-corrected chi connectivity index (χ2v) is 10.4. The van der Waals surface area contributed by atoms with Crippen LogP contribution in [0.15, 0.2) is 0 Å². The van der Waals surface area contributed by atoms with E-state index in [4.69, 9.17) is 14.4 Å². The average molecular weight is 224 g/mol. The highest BCUT2D eigenvalue weighted by molar-refractivity contribution is 7.30. The Balaban J connectivity index is 0.000000310. The molecule has 1 rings (SSSR count). The van der Waals surface area contributed by atoms with Crippen LogP contribution in [0.3, 0.4) is 0 Å². The summed E-state index contributed by atoms with van der Waals surface area (Å²) < 4.78 is 8.74. The van der Waals surface area contributed by atoms with Crippen molar-refractivity contribution in [2.24, 2.45) is 0 Å². The molecule has 3 nitrogen and oxygen atoms in total. The van der Waals surface area contributed by atoms with E-state index >= 15 is 0 Å². The van der Waals surface area contributed by atoms with Crippen molar-refractivity contribution >= 4 is 16.3 Å². The van der Waals surface area contributed by atoms with E-state index in [1.165, 1.54) is 19.3 Å². The van der Waals surface area contributed by atoms with E-state index in [1.54, 1.807) is 6.04 Å². The third-order valence-electron chi connectivity index (χ3n) is 3.04. The van der Waals surface area contributed by atoms with Crippen LogP contribution in [0.1, 0.15) is 26.2 Å². The summed E-state index contributed by atoms with van der Waals surface area (Å²) in [5.74, 6) is 0. The highest BCUT2D eigenvalue weighted by Crippen LogP contribution is 2.36. The fraction of sp³-hybridized carbons (Fsp3) is 1.00. The summed E-state index contributed by atoms with van der Waals surface area (Å²) in [6.07, 6.45) is 4.53. The van der Waals surface area contributed by atoms with E-state index in [0.29, 0.717) is 0 Å². The third-order valence-corrected chi connectivity index (χ3v) is 7.64. The fourth-order valence-corrected chi connectivity index (χ4v) is 4.31. The zero-order valence-electron chi connectivity index (χ0n) is 8.71. The highest BCUT2D eigenvalue weighted by atomic mass is 31.1. The molecule has 0 aromatic rings. The van der Waals surface area contributed by atoms with Gasteiger partial charge in [0.25, 0.3) is 0 Å². The van der Waals surface area contributed by atoms with E-state index in [2.05, 4.69) is 20.0 Å². The molecule has 1 unspecified atom stereocenters. The molecule has 80 valence electrons. The van der Waals surface area contributed by atoms with Gasteiger partial charge in [0.2, 0.25) is 0 Å². The molecule has 0 amide bonds. The molecule has 2 N–H and O–H groups in total. The average Bonchev–Trinajstić information content (AvgIpc) is 1.94. The summed E-state index contributed by atoms with van der Waals surface area (Å²) in [6, 6.07) is 1.58. The molecular weight excluding hydrogens is 203 g/mol. The van der Waals surface area contributed by atoms with Gasteiger partial charge in [-0.2, -0.15) is 0 Å². The van der Waals surface area contributed by atoms with Crippen molar-refractivity contribution in [3.8, 4) is 0 Å². The smallest absolute Gasteiger partial charge is 0.314 e. The zero-order chi connectivity index (χ0) is 10.5. The number of hydrogen-bond donors (Lipinski definition) is 2. The lowest BCUT2D eigenvalue weighted by Crippen LogP contribution is -2.33. The maximum absolute atomic E-state index is 8.74. The first-order valence-corrected chi connectivity index (χ1v) is 9.37. The standard InChI is InChI=1S/C8H18Si.H3O3P/c1-8-6-4-5-7-9(8,2)3;1-4(2)3/h8H,4-7H2,1-3H3;4H,(H2,1,2,3). The summed E-state index contributed by atoms with van der Waals surface area (Å²) in [7, 11) is -3.82. The van der Waals surface area contributed by atoms with Crippen LogP contribution in [-0.2, 0) is 4.57 Å². The van der Waals surface area contributed by atoms with Gasteiger partial charge < -0.3 is 9.79 Å². The van der Waals surface area contributed by atoms with Gasteiger partial charge in [-0.3, -0.25) is 4.57 Å². The number of hydrogen-bond acceptors (Lipinski definition) is 1. The van der Waals surface area contributed by atoms with Crippen molar-refractivity contribution in [2.45, 2.75) is 50.9 Å². The van der Waals surface area contributed by atoms with Gasteiger partial charge in [0, 0.05) is 0 Å². The second kappa shape index (κ2) is 5.97. The van der Waals surface area contributed by atoms with Gasteiger partial charge in [0.15, 0.2) is 0 Å². The first kappa shape index (κ1) is 13.4. The maximum atomic E-state index is 8.74. The molecule has 0 saturated carbocycles. The van der Waals surface area contributed by atoms with Crippen molar-refractivity contribution in [3.63, 3.8) is 0 Å². The van der Waals surface area contributed by atoms with Gasteiger partial charge in [-0.25, -0.2) is 0 Å². The first-order valence-electron chi connectivity index (χ1n) is 4.78. The predicted molar refractivity (Wildman–Crippen MR) is 59.0 cm³/mol. The molecule has 0 aliphatic carbocycles. The van der Waals surface area contributed by atoms with Crippen LogP contribution in [0.25, 0.3) is 0 Å². The van der Waals surface area contributed by atoms with E-state index in [-0.39, 0.29) is 0 Å². The molecule has 0 spiro atoms. The summed E-state index contributed by atoms with van der Waals surface area (Å²) in [6.45, 7) is 7.53. The Labute approximate surface area is 82.1 Å². The normalized spacial score (nSPS) is 26.5. The Hall–Kier alpha value is 0.367. The van der Waals surface area contributed by atoms with Crippen LogP contribution in [0.4, 0.5) is 0 Å². The fourth-order valence-electron chi connectivity index (χ4n) is 1.67. The monoisotopic (exact) mass is 224 g/mol. The lowest BCUT2D eigenvalue weighted by Gasteiger charge is -2.34. The Kier molecular flexibility index (Phi) is 6.13. The van der Waals surface area contributed by atoms with E-state index in [9.17, 15) is 0 Å². The minimum absolute atomic E-state index is 0.694. The molecular formula is C8H21O3PSi. The third kappa shape index (κ3) is 6.44. The minimum atomic E-state index is -3.13. The molecule has 0 bridgehead atoms. The summed E-state index contributed by atoms with van der Waals surface area (Å²) >= 11 is 0. The lowest BCUT2D eigenvalue weighted by atomic mass is 10.2. The molecule has 5 heteroatoms. The Bertz CT molecular complexity index is 169. The SMILES string of the molecule is CC1CCCC[Si]1(C)C.O=[PH](O)O. The van der Waals surface area contributed by atoms with Crippen LogP contribution in [-0.4, -0.2) is 17.9 Å². The predicted octanol–water partition coefficient (Wildman–Crippen LogP) is 2.63. The first-order chi connectivity index (χ1) is 5.86. The largest absolute Gasteiger partial charge is 0.326 e. The molecule has 13 heavy (non-hydrogen) atoms. The van der Waals surface area contributed by atoms with Crippen molar-refractivity contribution in [1.82, 2.24) is 0 Å². The van der Waals surface area contributed by atoms with Crippen LogP contribution in [0, 0.1) is 0 Å². The molecule has 0 aromatic carbocycles. The van der Waals surface area contributed by atoms with E-state index < -0.39 is 16.3 Å². The molecule has 1 aliphatic rings. The molecule has 0 radical (unpaired) electrons. The highest BCUT2D eigenvalue weighted by Gasteiger charge is 2.30. The van der Waals surface area contributed by atoms with E-state index in [0.717, 1.165) is 5.54 Å². The molecule has 1 aliphatic heterocycles. The summed E-state index contributed by atoms with van der Waals surface area (Å²) in [5.41, 5.74) is 1.09. The molecule has 1 heterocycles. The summed E-state index contributed by atoms with van der Waals surface area (Å²) in [4.78, 5) is 14.3. The quantitative estimate of drug-likeness (QED) is 0.491. The van der Waals surface area contributed by atoms with Crippen LogP contribution < -0.4 is 0 Å². The molecule has 1 atom stereocenters. The van der Waals surface area contributed by atoms with Crippen LogP contribution in [0.5, 0.6) is 0 Å². The molecule has 1 fully saturated rings. The minimum Gasteiger partial charge on any atom is -0.326 e. The van der Waals surface area contributed by atoms with Crippen LogP contribution in [0.2, 0.25) is 24.7 Å². The molecule has 1 saturated heterocycles. The van der Waals surface area contributed by atoms with Gasteiger partial charge in [0.1, 0.15) is 0 Å². The summed E-state index contributed by atoms with van der Waals surface area (Å²) in [5, 5.41) is 0. The van der Waals surface area contributed by atoms with Crippen molar-refractivity contribution in [2.75, 3.05) is 0 Å².